The van der Waals surface area contributed by atoms with Crippen molar-refractivity contribution < 1.29 is 9.40 Å². The fourth-order valence-corrected chi connectivity index (χ4v) is 1.07. The fourth-order valence-electron chi connectivity index (χ4n) is 1.07. The van der Waals surface area contributed by atoms with Crippen LogP contribution < -0.4 is 9.40 Å². The zero-order valence-electron chi connectivity index (χ0n) is 7.86. The summed E-state index contributed by atoms with van der Waals surface area (Å²) in [5.74, 6) is 0. The normalized spacial score (nSPS) is 10.2. The Morgan fingerprint density at radius 2 is 2.25 bits per heavy atom. The van der Waals surface area contributed by atoms with Crippen molar-refractivity contribution in [1.82, 2.24) is 4.73 Å². The summed E-state index contributed by atoms with van der Waals surface area (Å²) in [6.07, 6.45) is 8.39. The van der Waals surface area contributed by atoms with Gasteiger partial charge in [0.1, 0.15) is 12.8 Å². The molecule has 0 spiro atoms. The predicted molar refractivity (Wildman–Crippen MR) is 46.7 cm³/mol. The maximum absolute atomic E-state index is 5.26. The summed E-state index contributed by atoms with van der Waals surface area (Å²) in [5, 5.41) is 0. The summed E-state index contributed by atoms with van der Waals surface area (Å²) in [4.78, 5) is 5.26. The standard InChI is InChI=1S/C9H17N2O/c1-3-5-6-10-7-8-11(9-10)12-4-2/h7-9H,3-6H2,1-2H3/q+1. The van der Waals surface area contributed by atoms with Gasteiger partial charge in [0.05, 0.1) is 6.54 Å². The van der Waals surface area contributed by atoms with E-state index in [1.165, 1.54) is 12.8 Å². The zero-order valence-corrected chi connectivity index (χ0v) is 7.86. The SMILES string of the molecule is CCCC[n+]1ccn(OCC)c1. The molecule has 0 N–H and O–H groups in total. The first-order chi connectivity index (χ1) is 5.86. The van der Waals surface area contributed by atoms with Crippen molar-refractivity contribution in [3.8, 4) is 0 Å². The molecular weight excluding hydrogens is 152 g/mol. The van der Waals surface area contributed by atoms with E-state index in [2.05, 4.69) is 11.5 Å². The molecule has 3 heteroatoms. The van der Waals surface area contributed by atoms with Crippen molar-refractivity contribution in [2.24, 2.45) is 0 Å². The summed E-state index contributed by atoms with van der Waals surface area (Å²) in [6, 6.07) is 0. The number of rotatable bonds is 5. The number of aromatic nitrogens is 2. The zero-order chi connectivity index (χ0) is 8.81. The van der Waals surface area contributed by atoms with Crippen LogP contribution in [-0.4, -0.2) is 11.3 Å². The second-order valence-corrected chi connectivity index (χ2v) is 2.78. The molecule has 12 heavy (non-hydrogen) atoms. The number of aryl methyl sites for hydroxylation is 1. The molecule has 0 aliphatic carbocycles. The van der Waals surface area contributed by atoms with Crippen LogP contribution in [0.25, 0.3) is 0 Å². The molecule has 1 aromatic rings. The topological polar surface area (TPSA) is 18.0 Å². The summed E-state index contributed by atoms with van der Waals surface area (Å²) in [7, 11) is 0. The van der Waals surface area contributed by atoms with Gasteiger partial charge in [-0.2, -0.15) is 0 Å². The second-order valence-electron chi connectivity index (χ2n) is 2.78. The maximum atomic E-state index is 5.26. The van der Waals surface area contributed by atoms with Crippen LogP contribution in [0.1, 0.15) is 26.7 Å². The van der Waals surface area contributed by atoms with Crippen LogP contribution in [0.5, 0.6) is 0 Å². The van der Waals surface area contributed by atoms with Gasteiger partial charge in [-0.25, -0.2) is 4.57 Å². The Kier molecular flexibility index (Phi) is 3.64. The van der Waals surface area contributed by atoms with E-state index in [9.17, 15) is 0 Å². The van der Waals surface area contributed by atoms with Crippen LogP contribution >= 0.6 is 0 Å². The lowest BCUT2D eigenvalue weighted by Gasteiger charge is -1.93. The third-order valence-corrected chi connectivity index (χ3v) is 1.72. The van der Waals surface area contributed by atoms with Crippen molar-refractivity contribution in [2.45, 2.75) is 33.2 Å². The van der Waals surface area contributed by atoms with E-state index in [0.717, 1.165) is 6.54 Å². The van der Waals surface area contributed by atoms with Crippen LogP contribution in [0.15, 0.2) is 18.7 Å². The number of hydrogen-bond acceptors (Lipinski definition) is 1. The Hall–Kier alpha value is -0.990. The van der Waals surface area contributed by atoms with Crippen molar-refractivity contribution >= 4 is 0 Å². The first-order valence-electron chi connectivity index (χ1n) is 4.57. The lowest BCUT2D eigenvalue weighted by atomic mass is 10.3. The maximum Gasteiger partial charge on any atom is 0.284 e. The summed E-state index contributed by atoms with van der Waals surface area (Å²) >= 11 is 0. The van der Waals surface area contributed by atoms with Gasteiger partial charge in [-0.1, -0.05) is 18.1 Å². The van der Waals surface area contributed by atoms with Gasteiger partial charge in [0, 0.05) is 0 Å². The Balaban J connectivity index is 2.41. The van der Waals surface area contributed by atoms with Gasteiger partial charge in [-0.3, -0.25) is 0 Å². The lowest BCUT2D eigenvalue weighted by Crippen LogP contribution is -2.31. The van der Waals surface area contributed by atoms with Crippen LogP contribution in [0.2, 0.25) is 0 Å². The third-order valence-electron chi connectivity index (χ3n) is 1.72. The van der Waals surface area contributed by atoms with E-state index in [1.807, 2.05) is 25.6 Å². The fraction of sp³-hybridized carbons (Fsp3) is 0.667. The summed E-state index contributed by atoms with van der Waals surface area (Å²) in [5.41, 5.74) is 0. The van der Waals surface area contributed by atoms with Gasteiger partial charge >= 0.3 is 0 Å². The van der Waals surface area contributed by atoms with Gasteiger partial charge in [0.2, 0.25) is 0 Å². The molecule has 0 amide bonds. The van der Waals surface area contributed by atoms with Crippen LogP contribution in [0.4, 0.5) is 0 Å². The van der Waals surface area contributed by atoms with E-state index >= 15 is 0 Å². The van der Waals surface area contributed by atoms with Crippen LogP contribution in [0.3, 0.4) is 0 Å². The molecule has 0 aromatic carbocycles. The Morgan fingerprint density at radius 3 is 2.92 bits per heavy atom. The molecule has 0 aliphatic rings. The molecule has 68 valence electrons. The molecule has 0 saturated carbocycles. The van der Waals surface area contributed by atoms with Gasteiger partial charge in [-0.15, -0.1) is 0 Å². The van der Waals surface area contributed by atoms with Gasteiger partial charge < -0.3 is 4.84 Å². The predicted octanol–water partition coefficient (Wildman–Crippen LogP) is 1.02. The molecule has 0 fully saturated rings. The highest BCUT2D eigenvalue weighted by Gasteiger charge is 2.01. The van der Waals surface area contributed by atoms with E-state index in [-0.39, 0.29) is 0 Å². The smallest absolute Gasteiger partial charge is 0.284 e. The number of unbranched alkanes of at least 4 members (excludes halogenated alkanes) is 1. The highest BCUT2D eigenvalue weighted by molar-refractivity contribution is 4.60. The summed E-state index contributed by atoms with van der Waals surface area (Å²) in [6.45, 7) is 5.97. The van der Waals surface area contributed by atoms with Gasteiger partial charge in [-0.05, 0) is 13.3 Å². The molecule has 0 unspecified atom stereocenters. The third kappa shape index (κ3) is 2.57. The molecule has 0 atom stereocenters. The van der Waals surface area contributed by atoms with Crippen LogP contribution in [0, 0.1) is 0 Å². The van der Waals surface area contributed by atoms with E-state index < -0.39 is 0 Å². The molecule has 1 aromatic heterocycles. The highest BCUT2D eigenvalue weighted by atomic mass is 16.7. The Morgan fingerprint density at radius 1 is 1.42 bits per heavy atom. The number of nitrogens with zero attached hydrogens (tertiary/aromatic N) is 2. The van der Waals surface area contributed by atoms with Crippen molar-refractivity contribution in [2.75, 3.05) is 6.61 Å². The minimum absolute atomic E-state index is 0.711. The Bertz CT molecular complexity index is 220. The minimum Gasteiger partial charge on any atom is -0.336 e. The van der Waals surface area contributed by atoms with E-state index in [0.29, 0.717) is 6.61 Å². The molecule has 0 saturated heterocycles. The van der Waals surface area contributed by atoms with Gasteiger partial charge in [0.25, 0.3) is 6.33 Å². The number of hydrogen-bond donors (Lipinski definition) is 0. The molecular formula is C9H17N2O+. The van der Waals surface area contributed by atoms with Crippen LogP contribution in [-0.2, 0) is 6.54 Å². The highest BCUT2D eigenvalue weighted by Crippen LogP contribution is 1.86. The number of imidazole rings is 1. The second kappa shape index (κ2) is 4.80. The van der Waals surface area contributed by atoms with Crippen molar-refractivity contribution in [3.63, 3.8) is 0 Å². The largest absolute Gasteiger partial charge is 0.336 e. The van der Waals surface area contributed by atoms with Gasteiger partial charge in [0.15, 0.2) is 6.20 Å². The molecule has 1 heterocycles. The molecule has 1 rings (SSSR count). The average molecular weight is 169 g/mol. The quantitative estimate of drug-likeness (QED) is 0.602. The lowest BCUT2D eigenvalue weighted by molar-refractivity contribution is -0.697. The first kappa shape index (κ1) is 9.10. The molecule has 0 aliphatic heterocycles. The molecule has 0 bridgehead atoms. The van der Waals surface area contributed by atoms with E-state index in [4.69, 9.17) is 4.84 Å². The van der Waals surface area contributed by atoms with Crippen molar-refractivity contribution in [3.05, 3.63) is 18.7 Å². The monoisotopic (exact) mass is 169 g/mol. The minimum atomic E-state index is 0.711. The molecule has 3 nitrogen and oxygen atoms in total. The first-order valence-corrected chi connectivity index (χ1v) is 4.57. The van der Waals surface area contributed by atoms with E-state index in [1.54, 1.807) is 4.73 Å². The summed E-state index contributed by atoms with van der Waals surface area (Å²) < 4.78 is 3.88. The average Bonchev–Trinajstić information content (AvgIpc) is 2.50. The van der Waals surface area contributed by atoms with Crippen molar-refractivity contribution in [1.29, 1.82) is 0 Å². The Labute approximate surface area is 73.5 Å². The molecule has 0 radical (unpaired) electrons.